The number of hydrogen-bond donors (Lipinski definition) is 0. The van der Waals surface area contributed by atoms with Gasteiger partial charge in [0.25, 0.3) is 0 Å². The lowest BCUT2D eigenvalue weighted by Gasteiger charge is -2.14. The summed E-state index contributed by atoms with van der Waals surface area (Å²) in [5.41, 5.74) is 3.48. The molecule has 2 aromatic carbocycles. The maximum atomic E-state index is 5.46. The fourth-order valence-electron chi connectivity index (χ4n) is 2.09. The van der Waals surface area contributed by atoms with Crippen LogP contribution in [0.25, 0.3) is 0 Å². The third-order valence-corrected chi connectivity index (χ3v) is 2.98. The van der Waals surface area contributed by atoms with Crippen LogP contribution >= 0.6 is 0 Å². The van der Waals surface area contributed by atoms with Crippen molar-refractivity contribution in [1.82, 2.24) is 0 Å². The van der Waals surface area contributed by atoms with E-state index in [2.05, 4.69) is 12.1 Å². The van der Waals surface area contributed by atoms with Crippen molar-refractivity contribution in [2.45, 2.75) is 13.3 Å². The van der Waals surface area contributed by atoms with Crippen molar-refractivity contribution >= 4 is 0 Å². The van der Waals surface area contributed by atoms with Crippen molar-refractivity contribution in [2.75, 3.05) is 14.2 Å². The van der Waals surface area contributed by atoms with Gasteiger partial charge in [-0.15, -0.1) is 0 Å². The van der Waals surface area contributed by atoms with Gasteiger partial charge in [-0.25, -0.2) is 0 Å². The van der Waals surface area contributed by atoms with Gasteiger partial charge in [-0.1, -0.05) is 30.3 Å². The Morgan fingerprint density at radius 1 is 0.889 bits per heavy atom. The van der Waals surface area contributed by atoms with Crippen LogP contribution in [0, 0.1) is 6.92 Å². The second-order valence-corrected chi connectivity index (χ2v) is 4.31. The summed E-state index contributed by atoms with van der Waals surface area (Å²) in [4.78, 5) is 0. The normalized spacial score (nSPS) is 10.2. The minimum absolute atomic E-state index is 0.813. The highest BCUT2D eigenvalue weighted by Gasteiger charge is 2.11. The highest BCUT2D eigenvalue weighted by molar-refractivity contribution is 5.50. The third kappa shape index (κ3) is 2.65. The quantitative estimate of drug-likeness (QED) is 0.815. The molecule has 0 saturated carbocycles. The zero-order valence-corrected chi connectivity index (χ0v) is 11.1. The first-order valence-corrected chi connectivity index (χ1v) is 6.00. The van der Waals surface area contributed by atoms with Gasteiger partial charge in [0.05, 0.1) is 14.2 Å². The van der Waals surface area contributed by atoms with Gasteiger partial charge in [0.1, 0.15) is 11.5 Å². The van der Waals surface area contributed by atoms with E-state index in [4.69, 9.17) is 9.47 Å². The molecule has 0 unspecified atom stereocenters. The molecular formula is C16H18O2. The van der Waals surface area contributed by atoms with E-state index in [1.807, 2.05) is 37.3 Å². The van der Waals surface area contributed by atoms with Gasteiger partial charge in [0, 0.05) is 12.0 Å². The number of ether oxygens (including phenoxy) is 2. The topological polar surface area (TPSA) is 18.5 Å². The molecule has 0 aromatic heterocycles. The molecule has 0 saturated heterocycles. The predicted molar refractivity (Wildman–Crippen MR) is 73.5 cm³/mol. The summed E-state index contributed by atoms with van der Waals surface area (Å²) in [5, 5.41) is 0. The van der Waals surface area contributed by atoms with Gasteiger partial charge in [-0.05, 0) is 30.2 Å². The van der Waals surface area contributed by atoms with Gasteiger partial charge < -0.3 is 9.47 Å². The molecule has 0 aliphatic carbocycles. The Kier molecular flexibility index (Phi) is 3.88. The first kappa shape index (κ1) is 12.5. The van der Waals surface area contributed by atoms with Gasteiger partial charge >= 0.3 is 0 Å². The van der Waals surface area contributed by atoms with Crippen molar-refractivity contribution in [2.24, 2.45) is 0 Å². The van der Waals surface area contributed by atoms with E-state index >= 15 is 0 Å². The molecule has 18 heavy (non-hydrogen) atoms. The number of aryl methyl sites for hydroxylation is 1. The summed E-state index contributed by atoms with van der Waals surface area (Å²) in [7, 11) is 3.39. The van der Waals surface area contributed by atoms with E-state index in [-0.39, 0.29) is 0 Å². The Balaban J connectivity index is 2.42. The molecule has 0 aliphatic heterocycles. The first-order chi connectivity index (χ1) is 8.74. The molecule has 0 amide bonds. The van der Waals surface area contributed by atoms with E-state index in [1.54, 1.807) is 14.2 Å². The van der Waals surface area contributed by atoms with Crippen LogP contribution in [0.15, 0.2) is 42.5 Å². The Morgan fingerprint density at radius 3 is 1.94 bits per heavy atom. The van der Waals surface area contributed by atoms with Crippen molar-refractivity contribution < 1.29 is 9.47 Å². The monoisotopic (exact) mass is 242 g/mol. The molecule has 0 spiro atoms. The molecule has 2 aromatic rings. The predicted octanol–water partition coefficient (Wildman–Crippen LogP) is 3.60. The lowest BCUT2D eigenvalue weighted by Crippen LogP contribution is -1.99. The molecule has 0 heterocycles. The van der Waals surface area contributed by atoms with E-state index in [0.29, 0.717) is 0 Å². The molecule has 0 atom stereocenters. The summed E-state index contributed by atoms with van der Waals surface area (Å²) < 4.78 is 10.9. The first-order valence-electron chi connectivity index (χ1n) is 6.00. The van der Waals surface area contributed by atoms with Crippen molar-refractivity contribution in [1.29, 1.82) is 0 Å². The Bertz CT molecular complexity index is 493. The Labute approximate surface area is 108 Å². The van der Waals surface area contributed by atoms with Crippen molar-refractivity contribution in [3.8, 4) is 11.5 Å². The van der Waals surface area contributed by atoms with Crippen molar-refractivity contribution in [3.05, 3.63) is 59.2 Å². The minimum atomic E-state index is 0.813. The Hall–Kier alpha value is -1.96. The lowest BCUT2D eigenvalue weighted by molar-refractivity contribution is 0.386. The van der Waals surface area contributed by atoms with Gasteiger partial charge in [-0.3, -0.25) is 0 Å². The third-order valence-electron chi connectivity index (χ3n) is 2.98. The Morgan fingerprint density at radius 2 is 1.44 bits per heavy atom. The molecule has 2 nitrogen and oxygen atoms in total. The van der Waals surface area contributed by atoms with Crippen LogP contribution in [0.5, 0.6) is 11.5 Å². The summed E-state index contributed by atoms with van der Waals surface area (Å²) in [6.45, 7) is 2.04. The fourth-order valence-corrected chi connectivity index (χ4v) is 2.09. The summed E-state index contributed by atoms with van der Waals surface area (Å²) >= 11 is 0. The standard InChI is InChI=1S/C16H18O2/c1-12-9-15(17-2)14(16(10-12)18-3)11-13-7-5-4-6-8-13/h4-10H,11H2,1-3H3. The molecule has 0 aliphatic rings. The maximum absolute atomic E-state index is 5.46. The van der Waals surface area contributed by atoms with Crippen LogP contribution in [0.3, 0.4) is 0 Å². The van der Waals surface area contributed by atoms with E-state index in [1.165, 1.54) is 5.56 Å². The maximum Gasteiger partial charge on any atom is 0.126 e. The van der Waals surface area contributed by atoms with Crippen LogP contribution in [0.4, 0.5) is 0 Å². The minimum Gasteiger partial charge on any atom is -0.496 e. The van der Waals surface area contributed by atoms with Crippen LogP contribution < -0.4 is 9.47 Å². The molecule has 94 valence electrons. The van der Waals surface area contributed by atoms with Crippen LogP contribution in [0.1, 0.15) is 16.7 Å². The smallest absolute Gasteiger partial charge is 0.126 e. The molecule has 0 bridgehead atoms. The lowest BCUT2D eigenvalue weighted by atomic mass is 10.0. The molecule has 2 rings (SSSR count). The van der Waals surface area contributed by atoms with E-state index in [9.17, 15) is 0 Å². The van der Waals surface area contributed by atoms with Crippen LogP contribution in [-0.4, -0.2) is 14.2 Å². The number of benzene rings is 2. The number of hydrogen-bond acceptors (Lipinski definition) is 2. The largest absolute Gasteiger partial charge is 0.496 e. The summed E-state index contributed by atoms with van der Waals surface area (Å²) in [6, 6.07) is 14.4. The second-order valence-electron chi connectivity index (χ2n) is 4.31. The highest BCUT2D eigenvalue weighted by Crippen LogP contribution is 2.32. The molecule has 0 radical (unpaired) electrons. The van der Waals surface area contributed by atoms with E-state index in [0.717, 1.165) is 29.0 Å². The number of methoxy groups -OCH3 is 2. The van der Waals surface area contributed by atoms with E-state index < -0.39 is 0 Å². The van der Waals surface area contributed by atoms with Crippen molar-refractivity contribution in [3.63, 3.8) is 0 Å². The van der Waals surface area contributed by atoms with Gasteiger partial charge in [0.15, 0.2) is 0 Å². The zero-order valence-electron chi connectivity index (χ0n) is 11.1. The zero-order chi connectivity index (χ0) is 13.0. The second kappa shape index (κ2) is 5.58. The molecule has 0 fully saturated rings. The van der Waals surface area contributed by atoms with Gasteiger partial charge in [-0.2, -0.15) is 0 Å². The SMILES string of the molecule is COc1cc(C)cc(OC)c1Cc1ccccc1. The van der Waals surface area contributed by atoms with Crippen LogP contribution in [0.2, 0.25) is 0 Å². The average molecular weight is 242 g/mol. The summed E-state index contributed by atoms with van der Waals surface area (Å²) in [5.74, 6) is 1.77. The van der Waals surface area contributed by atoms with Gasteiger partial charge in [0.2, 0.25) is 0 Å². The highest BCUT2D eigenvalue weighted by atomic mass is 16.5. The summed E-state index contributed by atoms with van der Waals surface area (Å²) in [6.07, 6.45) is 0.813. The average Bonchev–Trinajstić information content (AvgIpc) is 2.41. The van der Waals surface area contributed by atoms with Crippen LogP contribution in [-0.2, 0) is 6.42 Å². The fraction of sp³-hybridized carbons (Fsp3) is 0.250. The molecular weight excluding hydrogens is 224 g/mol. The number of rotatable bonds is 4. The molecule has 2 heteroatoms. The molecule has 0 N–H and O–H groups in total.